The highest BCUT2D eigenvalue weighted by atomic mass is 32.2. The lowest BCUT2D eigenvalue weighted by Crippen LogP contribution is -2.31. The second kappa shape index (κ2) is 10.7. The van der Waals surface area contributed by atoms with Gasteiger partial charge >= 0.3 is 0 Å². The summed E-state index contributed by atoms with van der Waals surface area (Å²) in [6.07, 6.45) is 2.06. The predicted molar refractivity (Wildman–Crippen MR) is 108 cm³/mol. The van der Waals surface area contributed by atoms with E-state index < -0.39 is 0 Å². The van der Waals surface area contributed by atoms with Crippen LogP contribution in [0.3, 0.4) is 0 Å². The second-order valence-corrected chi connectivity index (χ2v) is 6.57. The molecule has 0 saturated heterocycles. The lowest BCUT2D eigenvalue weighted by molar-refractivity contribution is 0.0953. The molecule has 0 radical (unpaired) electrons. The van der Waals surface area contributed by atoms with Crippen LogP contribution in [-0.2, 0) is 6.54 Å². The van der Waals surface area contributed by atoms with Crippen molar-refractivity contribution in [1.29, 1.82) is 0 Å². The van der Waals surface area contributed by atoms with Gasteiger partial charge in [-0.2, -0.15) is 0 Å². The molecule has 0 spiro atoms. The van der Waals surface area contributed by atoms with Gasteiger partial charge in [-0.05, 0) is 36.1 Å². The van der Waals surface area contributed by atoms with E-state index in [4.69, 9.17) is 14.2 Å². The van der Waals surface area contributed by atoms with Gasteiger partial charge in [-0.25, -0.2) is 0 Å². The molecule has 2 aromatic rings. The van der Waals surface area contributed by atoms with Crippen LogP contribution in [0.15, 0.2) is 41.3 Å². The molecule has 2 rings (SSSR count). The Labute approximate surface area is 164 Å². The number of hydrogen-bond acceptors (Lipinski definition) is 6. The molecular formula is C20H26N2O4S. The minimum Gasteiger partial charge on any atom is -0.493 e. The maximum Gasteiger partial charge on any atom is 0.251 e. The SMILES string of the molecule is COc1cc(C(=O)NCCNCc2ccc(SC)cc2)cc(OC)c1OC. The predicted octanol–water partition coefficient (Wildman–Crippen LogP) is 2.95. The van der Waals surface area contributed by atoms with Crippen molar-refractivity contribution < 1.29 is 19.0 Å². The smallest absolute Gasteiger partial charge is 0.251 e. The van der Waals surface area contributed by atoms with E-state index in [0.29, 0.717) is 35.9 Å². The van der Waals surface area contributed by atoms with Gasteiger partial charge in [0.2, 0.25) is 5.75 Å². The number of nitrogens with one attached hydrogen (secondary N) is 2. The summed E-state index contributed by atoms with van der Waals surface area (Å²) >= 11 is 1.72. The quantitative estimate of drug-likeness (QED) is 0.480. The van der Waals surface area contributed by atoms with Crippen LogP contribution in [-0.4, -0.2) is 46.6 Å². The van der Waals surface area contributed by atoms with E-state index in [2.05, 4.69) is 41.2 Å². The highest BCUT2D eigenvalue weighted by Crippen LogP contribution is 2.38. The van der Waals surface area contributed by atoms with Crippen LogP contribution in [0.5, 0.6) is 17.2 Å². The van der Waals surface area contributed by atoms with Crippen LogP contribution >= 0.6 is 11.8 Å². The summed E-state index contributed by atoms with van der Waals surface area (Å²) in [7, 11) is 4.57. The van der Waals surface area contributed by atoms with Crippen LogP contribution in [0.25, 0.3) is 0 Å². The first-order valence-electron chi connectivity index (χ1n) is 8.54. The fraction of sp³-hybridized carbons (Fsp3) is 0.350. The maximum absolute atomic E-state index is 12.4. The van der Waals surface area contributed by atoms with Gasteiger partial charge in [-0.15, -0.1) is 11.8 Å². The maximum atomic E-state index is 12.4. The average molecular weight is 391 g/mol. The van der Waals surface area contributed by atoms with Gasteiger partial charge in [0.1, 0.15) is 0 Å². The molecule has 2 aromatic carbocycles. The van der Waals surface area contributed by atoms with E-state index in [1.54, 1.807) is 23.9 Å². The number of benzene rings is 2. The number of methoxy groups -OCH3 is 3. The Bertz CT molecular complexity index is 725. The molecule has 0 unspecified atom stereocenters. The fourth-order valence-electron chi connectivity index (χ4n) is 2.55. The second-order valence-electron chi connectivity index (χ2n) is 5.69. The van der Waals surface area contributed by atoms with Crippen molar-refractivity contribution in [2.75, 3.05) is 40.7 Å². The van der Waals surface area contributed by atoms with Crippen molar-refractivity contribution in [2.45, 2.75) is 11.4 Å². The lowest BCUT2D eigenvalue weighted by atomic mass is 10.1. The third-order valence-electron chi connectivity index (χ3n) is 4.00. The van der Waals surface area contributed by atoms with E-state index in [-0.39, 0.29) is 5.91 Å². The molecule has 0 heterocycles. The van der Waals surface area contributed by atoms with Crippen molar-refractivity contribution in [3.8, 4) is 17.2 Å². The van der Waals surface area contributed by atoms with Crippen LogP contribution < -0.4 is 24.8 Å². The fourth-order valence-corrected chi connectivity index (χ4v) is 2.96. The van der Waals surface area contributed by atoms with Crippen LogP contribution in [0.1, 0.15) is 15.9 Å². The highest BCUT2D eigenvalue weighted by molar-refractivity contribution is 7.98. The Morgan fingerprint density at radius 3 is 2.11 bits per heavy atom. The van der Waals surface area contributed by atoms with Crippen LogP contribution in [0, 0.1) is 0 Å². The summed E-state index contributed by atoms with van der Waals surface area (Å²) in [4.78, 5) is 13.6. The zero-order chi connectivity index (χ0) is 19.6. The van der Waals surface area contributed by atoms with Gasteiger partial charge in [0, 0.05) is 30.1 Å². The zero-order valence-electron chi connectivity index (χ0n) is 16.1. The van der Waals surface area contributed by atoms with Crippen molar-refractivity contribution in [3.63, 3.8) is 0 Å². The highest BCUT2D eigenvalue weighted by Gasteiger charge is 2.16. The van der Waals surface area contributed by atoms with E-state index in [9.17, 15) is 4.79 Å². The van der Waals surface area contributed by atoms with Crippen molar-refractivity contribution in [2.24, 2.45) is 0 Å². The molecule has 0 aliphatic carbocycles. The summed E-state index contributed by atoms with van der Waals surface area (Å²) in [5.74, 6) is 1.17. The number of carbonyl (C=O) groups excluding carboxylic acids is 1. The summed E-state index contributed by atoms with van der Waals surface area (Å²) in [6.45, 7) is 1.94. The molecule has 0 aliphatic heterocycles. The summed E-state index contributed by atoms with van der Waals surface area (Å²) < 4.78 is 15.8. The normalized spacial score (nSPS) is 10.4. The lowest BCUT2D eigenvalue weighted by Gasteiger charge is -2.14. The third kappa shape index (κ3) is 5.80. The van der Waals surface area contributed by atoms with E-state index in [1.807, 2.05) is 0 Å². The van der Waals surface area contributed by atoms with Crippen molar-refractivity contribution >= 4 is 17.7 Å². The van der Waals surface area contributed by atoms with E-state index in [0.717, 1.165) is 6.54 Å². The number of amides is 1. The van der Waals surface area contributed by atoms with Gasteiger partial charge in [0.05, 0.1) is 21.3 Å². The molecule has 146 valence electrons. The van der Waals surface area contributed by atoms with E-state index in [1.165, 1.54) is 31.8 Å². The van der Waals surface area contributed by atoms with Gasteiger partial charge in [0.25, 0.3) is 5.91 Å². The van der Waals surface area contributed by atoms with Gasteiger partial charge in [-0.1, -0.05) is 12.1 Å². The summed E-state index contributed by atoms with van der Waals surface area (Å²) in [5, 5.41) is 6.21. The Hall–Kier alpha value is -2.38. The third-order valence-corrected chi connectivity index (χ3v) is 4.75. The first kappa shape index (κ1) is 20.9. The van der Waals surface area contributed by atoms with E-state index >= 15 is 0 Å². The molecule has 0 saturated carbocycles. The Balaban J connectivity index is 1.84. The number of carbonyl (C=O) groups is 1. The Morgan fingerprint density at radius 1 is 0.963 bits per heavy atom. The standard InChI is InChI=1S/C20H26N2O4S/c1-24-17-11-15(12-18(25-2)19(17)26-3)20(23)22-10-9-21-13-14-5-7-16(27-4)8-6-14/h5-8,11-12,21H,9-10,13H2,1-4H3,(H,22,23). The molecule has 0 fully saturated rings. The number of ether oxygens (including phenoxy) is 3. The van der Waals surface area contributed by atoms with Crippen molar-refractivity contribution in [1.82, 2.24) is 10.6 Å². The molecule has 0 atom stereocenters. The first-order chi connectivity index (χ1) is 13.1. The number of rotatable bonds is 10. The molecule has 7 heteroatoms. The first-order valence-corrected chi connectivity index (χ1v) is 9.77. The minimum atomic E-state index is -0.194. The largest absolute Gasteiger partial charge is 0.493 e. The minimum absolute atomic E-state index is 0.194. The molecule has 1 amide bonds. The molecular weight excluding hydrogens is 364 g/mol. The molecule has 0 bridgehead atoms. The summed E-state index contributed by atoms with van der Waals surface area (Å²) in [5.41, 5.74) is 1.67. The average Bonchev–Trinajstić information content (AvgIpc) is 2.72. The van der Waals surface area contributed by atoms with Gasteiger partial charge < -0.3 is 24.8 Å². The van der Waals surface area contributed by atoms with Gasteiger partial charge in [-0.3, -0.25) is 4.79 Å². The molecule has 6 nitrogen and oxygen atoms in total. The monoisotopic (exact) mass is 390 g/mol. The molecule has 27 heavy (non-hydrogen) atoms. The Kier molecular flexibility index (Phi) is 8.29. The van der Waals surface area contributed by atoms with Crippen LogP contribution in [0.4, 0.5) is 0 Å². The van der Waals surface area contributed by atoms with Crippen molar-refractivity contribution in [3.05, 3.63) is 47.5 Å². The Morgan fingerprint density at radius 2 is 1.59 bits per heavy atom. The zero-order valence-corrected chi connectivity index (χ0v) is 16.9. The summed E-state index contributed by atoms with van der Waals surface area (Å²) in [6, 6.07) is 11.7. The number of thioether (sulfide) groups is 1. The molecule has 0 aliphatic rings. The van der Waals surface area contributed by atoms with Crippen LogP contribution in [0.2, 0.25) is 0 Å². The topological polar surface area (TPSA) is 68.8 Å². The molecule has 0 aromatic heterocycles. The molecule has 2 N–H and O–H groups in total. The number of hydrogen-bond donors (Lipinski definition) is 2. The van der Waals surface area contributed by atoms with Gasteiger partial charge in [0.15, 0.2) is 11.5 Å².